The SMILES string of the molecule is CC(O)c1cccc(NC(=S)Nc2ccc(NC(=O)c3ccco3)cc2)c1. The van der Waals surface area contributed by atoms with Gasteiger partial charge in [0.15, 0.2) is 10.9 Å². The molecule has 0 aliphatic rings. The fourth-order valence-electron chi connectivity index (χ4n) is 2.41. The van der Waals surface area contributed by atoms with Crippen molar-refractivity contribution in [3.05, 3.63) is 78.3 Å². The number of hydrogen-bond donors (Lipinski definition) is 4. The van der Waals surface area contributed by atoms with Crippen molar-refractivity contribution in [2.24, 2.45) is 0 Å². The second-order valence-corrected chi connectivity index (χ2v) is 6.30. The molecule has 0 aliphatic carbocycles. The Kier molecular flexibility index (Phi) is 5.85. The van der Waals surface area contributed by atoms with E-state index in [2.05, 4.69) is 16.0 Å². The minimum Gasteiger partial charge on any atom is -0.459 e. The maximum Gasteiger partial charge on any atom is 0.291 e. The molecule has 0 radical (unpaired) electrons. The van der Waals surface area contributed by atoms with Crippen molar-refractivity contribution in [3.8, 4) is 0 Å². The lowest BCUT2D eigenvalue weighted by molar-refractivity contribution is 0.0996. The number of thiocarbonyl (C=S) groups is 1. The van der Waals surface area contributed by atoms with E-state index >= 15 is 0 Å². The molecule has 1 amide bonds. The quantitative estimate of drug-likeness (QED) is 0.490. The van der Waals surface area contributed by atoms with E-state index in [1.54, 1.807) is 43.3 Å². The molecule has 2 aromatic carbocycles. The van der Waals surface area contributed by atoms with Gasteiger partial charge in [0.1, 0.15) is 0 Å². The minimum absolute atomic E-state index is 0.252. The average molecular weight is 381 g/mol. The molecule has 0 spiro atoms. The zero-order chi connectivity index (χ0) is 19.2. The van der Waals surface area contributed by atoms with E-state index in [0.717, 1.165) is 16.9 Å². The Morgan fingerprint density at radius 2 is 1.63 bits per heavy atom. The molecule has 1 heterocycles. The molecule has 4 N–H and O–H groups in total. The van der Waals surface area contributed by atoms with Crippen LogP contribution in [0.1, 0.15) is 29.1 Å². The molecule has 27 heavy (non-hydrogen) atoms. The minimum atomic E-state index is -0.544. The summed E-state index contributed by atoms with van der Waals surface area (Å²) in [5.74, 6) is -0.0575. The van der Waals surface area contributed by atoms with Crippen LogP contribution in [0.2, 0.25) is 0 Å². The summed E-state index contributed by atoms with van der Waals surface area (Å²) in [5, 5.41) is 19.0. The Balaban J connectivity index is 1.57. The third-order valence-electron chi connectivity index (χ3n) is 3.77. The summed E-state index contributed by atoms with van der Waals surface area (Å²) in [7, 11) is 0. The predicted octanol–water partition coefficient (Wildman–Crippen LogP) is 4.39. The van der Waals surface area contributed by atoms with E-state index < -0.39 is 6.10 Å². The van der Waals surface area contributed by atoms with Gasteiger partial charge < -0.3 is 25.5 Å². The summed E-state index contributed by atoms with van der Waals surface area (Å²) in [6, 6.07) is 17.8. The van der Waals surface area contributed by atoms with Gasteiger partial charge in [0.05, 0.1) is 12.4 Å². The van der Waals surface area contributed by atoms with Gasteiger partial charge in [0.2, 0.25) is 0 Å². The lowest BCUT2D eigenvalue weighted by Gasteiger charge is -2.13. The predicted molar refractivity (Wildman–Crippen MR) is 110 cm³/mol. The third kappa shape index (κ3) is 5.16. The molecule has 6 nitrogen and oxygen atoms in total. The van der Waals surface area contributed by atoms with Crippen LogP contribution in [-0.4, -0.2) is 16.1 Å². The Morgan fingerprint density at radius 3 is 2.26 bits per heavy atom. The van der Waals surface area contributed by atoms with E-state index in [-0.39, 0.29) is 11.7 Å². The number of aliphatic hydroxyl groups excluding tert-OH is 1. The van der Waals surface area contributed by atoms with Crippen molar-refractivity contribution in [3.63, 3.8) is 0 Å². The number of carbonyl (C=O) groups excluding carboxylic acids is 1. The number of nitrogens with one attached hydrogen (secondary N) is 3. The van der Waals surface area contributed by atoms with E-state index in [1.165, 1.54) is 6.26 Å². The molecule has 7 heteroatoms. The molecule has 1 aromatic heterocycles. The molecular formula is C20H19N3O3S. The number of rotatable bonds is 5. The van der Waals surface area contributed by atoms with Crippen LogP contribution >= 0.6 is 12.2 Å². The number of furan rings is 1. The van der Waals surface area contributed by atoms with E-state index in [9.17, 15) is 9.90 Å². The van der Waals surface area contributed by atoms with Crippen molar-refractivity contribution in [1.82, 2.24) is 0 Å². The summed E-state index contributed by atoms with van der Waals surface area (Å²) >= 11 is 5.32. The van der Waals surface area contributed by atoms with Crippen LogP contribution < -0.4 is 16.0 Å². The second kappa shape index (κ2) is 8.48. The second-order valence-electron chi connectivity index (χ2n) is 5.89. The average Bonchev–Trinajstić information content (AvgIpc) is 3.18. The van der Waals surface area contributed by atoms with Gasteiger partial charge in [-0.3, -0.25) is 4.79 Å². The maximum atomic E-state index is 11.9. The Labute approximate surface area is 162 Å². The maximum absolute atomic E-state index is 11.9. The Morgan fingerprint density at radius 1 is 0.963 bits per heavy atom. The highest BCUT2D eigenvalue weighted by molar-refractivity contribution is 7.80. The van der Waals surface area contributed by atoms with Gasteiger partial charge in [-0.05, 0) is 73.2 Å². The van der Waals surface area contributed by atoms with E-state index in [1.807, 2.05) is 24.3 Å². The highest BCUT2D eigenvalue weighted by Gasteiger charge is 2.08. The lowest BCUT2D eigenvalue weighted by Crippen LogP contribution is -2.19. The van der Waals surface area contributed by atoms with E-state index in [4.69, 9.17) is 16.6 Å². The molecule has 0 saturated carbocycles. The first-order valence-electron chi connectivity index (χ1n) is 8.32. The van der Waals surface area contributed by atoms with Crippen LogP contribution in [0, 0.1) is 0 Å². The van der Waals surface area contributed by atoms with Crippen LogP contribution in [-0.2, 0) is 0 Å². The normalized spacial score (nSPS) is 11.5. The molecule has 0 fully saturated rings. The molecule has 1 atom stereocenters. The molecule has 0 saturated heterocycles. The standard InChI is InChI=1S/C20H19N3O3S/c1-13(24)14-4-2-5-17(12-14)23-20(27)22-16-9-7-15(8-10-16)21-19(25)18-6-3-11-26-18/h2-13,24H,1H3,(H,21,25)(H2,22,23,27). The molecule has 138 valence electrons. The molecule has 1 unspecified atom stereocenters. The number of benzene rings is 2. The van der Waals surface area contributed by atoms with Gasteiger partial charge in [-0.25, -0.2) is 0 Å². The number of carbonyl (C=O) groups is 1. The monoisotopic (exact) mass is 381 g/mol. The van der Waals surface area contributed by atoms with Gasteiger partial charge in [-0.1, -0.05) is 12.1 Å². The van der Waals surface area contributed by atoms with Crippen molar-refractivity contribution in [2.45, 2.75) is 13.0 Å². The summed E-state index contributed by atoms with van der Waals surface area (Å²) < 4.78 is 5.06. The molecule has 3 aromatic rings. The fraction of sp³-hybridized carbons (Fsp3) is 0.100. The smallest absolute Gasteiger partial charge is 0.291 e. The summed E-state index contributed by atoms with van der Waals surface area (Å²) in [5.41, 5.74) is 3.01. The number of amides is 1. The number of anilines is 3. The first-order valence-corrected chi connectivity index (χ1v) is 8.73. The van der Waals surface area contributed by atoms with Gasteiger partial charge in [0, 0.05) is 17.1 Å². The zero-order valence-electron chi connectivity index (χ0n) is 14.6. The summed E-state index contributed by atoms with van der Waals surface area (Å²) in [6.45, 7) is 1.71. The first kappa shape index (κ1) is 18.6. The number of hydrogen-bond acceptors (Lipinski definition) is 4. The molecule has 3 rings (SSSR count). The van der Waals surface area contributed by atoms with Crippen LogP contribution in [0.3, 0.4) is 0 Å². The summed E-state index contributed by atoms with van der Waals surface area (Å²) in [6.07, 6.45) is 0.907. The van der Waals surface area contributed by atoms with Crippen LogP contribution in [0.5, 0.6) is 0 Å². The Hall–Kier alpha value is -3.16. The first-order chi connectivity index (χ1) is 13.0. The van der Waals surface area contributed by atoms with Crippen molar-refractivity contribution < 1.29 is 14.3 Å². The topological polar surface area (TPSA) is 86.5 Å². The number of aliphatic hydroxyl groups is 1. The van der Waals surface area contributed by atoms with Crippen LogP contribution in [0.25, 0.3) is 0 Å². The van der Waals surface area contributed by atoms with Gasteiger partial charge >= 0.3 is 0 Å². The third-order valence-corrected chi connectivity index (χ3v) is 3.98. The van der Waals surface area contributed by atoms with Gasteiger partial charge in [0.25, 0.3) is 5.91 Å². The summed E-state index contributed by atoms with van der Waals surface area (Å²) in [4.78, 5) is 11.9. The van der Waals surface area contributed by atoms with Crippen molar-refractivity contribution in [2.75, 3.05) is 16.0 Å². The van der Waals surface area contributed by atoms with Crippen LogP contribution in [0.4, 0.5) is 17.1 Å². The van der Waals surface area contributed by atoms with Crippen molar-refractivity contribution in [1.29, 1.82) is 0 Å². The van der Waals surface area contributed by atoms with Crippen molar-refractivity contribution >= 4 is 40.3 Å². The van der Waals surface area contributed by atoms with Gasteiger partial charge in [-0.15, -0.1) is 0 Å². The van der Waals surface area contributed by atoms with E-state index in [0.29, 0.717) is 10.8 Å². The molecular weight excluding hydrogens is 362 g/mol. The van der Waals surface area contributed by atoms with Gasteiger partial charge in [-0.2, -0.15) is 0 Å². The highest BCUT2D eigenvalue weighted by atomic mass is 32.1. The lowest BCUT2D eigenvalue weighted by atomic mass is 10.1. The zero-order valence-corrected chi connectivity index (χ0v) is 15.4. The molecule has 0 bridgehead atoms. The fourth-order valence-corrected chi connectivity index (χ4v) is 2.64. The Bertz CT molecular complexity index is 922. The molecule has 0 aliphatic heterocycles. The van der Waals surface area contributed by atoms with Crippen LogP contribution in [0.15, 0.2) is 71.3 Å². The highest BCUT2D eigenvalue weighted by Crippen LogP contribution is 2.18. The largest absolute Gasteiger partial charge is 0.459 e.